The molecule has 0 spiro atoms. The zero-order valence-electron chi connectivity index (χ0n) is 16.0. The number of hydrogen-bond acceptors (Lipinski definition) is 5. The lowest BCUT2D eigenvalue weighted by atomic mass is 10.2. The van der Waals surface area contributed by atoms with Crippen LogP contribution in [0.3, 0.4) is 0 Å². The highest BCUT2D eigenvalue weighted by Crippen LogP contribution is 2.27. The van der Waals surface area contributed by atoms with Crippen LogP contribution in [0.5, 0.6) is 5.75 Å². The van der Waals surface area contributed by atoms with Gasteiger partial charge in [0, 0.05) is 31.6 Å². The van der Waals surface area contributed by atoms with Gasteiger partial charge < -0.3 is 19.7 Å². The van der Waals surface area contributed by atoms with Crippen molar-refractivity contribution in [3.8, 4) is 5.75 Å². The summed E-state index contributed by atoms with van der Waals surface area (Å²) in [4.78, 5) is 16.8. The van der Waals surface area contributed by atoms with Crippen LogP contribution in [0.4, 0.5) is 5.69 Å². The molecule has 0 saturated carbocycles. The van der Waals surface area contributed by atoms with Gasteiger partial charge in [0.25, 0.3) is 0 Å². The standard InChI is InChI=1S/C22H25N3O3/c1-16(21-14-17-6-2-5-9-20(17)28-21)23-22(27)15-24-10-12-25(13-11-24)18-7-3-4-8-19(18)26/h2-9,14,16,26H,10-13,15H2,1H3,(H,23,27)/t16-/m0/s1. The van der Waals surface area contributed by atoms with E-state index in [0.29, 0.717) is 12.3 Å². The molecule has 2 heterocycles. The monoisotopic (exact) mass is 379 g/mol. The number of phenolic OH excluding ortho intramolecular Hbond substituents is 1. The molecular weight excluding hydrogens is 354 g/mol. The minimum atomic E-state index is -0.178. The average Bonchev–Trinajstić information content (AvgIpc) is 3.13. The van der Waals surface area contributed by atoms with Crippen LogP contribution in [0.2, 0.25) is 0 Å². The second-order valence-corrected chi connectivity index (χ2v) is 7.23. The molecule has 0 unspecified atom stereocenters. The molecule has 1 aromatic heterocycles. The Morgan fingerprint density at radius 3 is 2.57 bits per heavy atom. The molecule has 1 aliphatic rings. The summed E-state index contributed by atoms with van der Waals surface area (Å²) in [5, 5.41) is 14.1. The van der Waals surface area contributed by atoms with Crippen molar-refractivity contribution >= 4 is 22.6 Å². The van der Waals surface area contributed by atoms with Crippen LogP contribution in [0, 0.1) is 0 Å². The van der Waals surface area contributed by atoms with E-state index in [4.69, 9.17) is 4.42 Å². The van der Waals surface area contributed by atoms with Crippen molar-refractivity contribution in [2.24, 2.45) is 0 Å². The Kier molecular flexibility index (Phi) is 5.21. The summed E-state index contributed by atoms with van der Waals surface area (Å²) in [6.07, 6.45) is 0. The van der Waals surface area contributed by atoms with Gasteiger partial charge in [0.15, 0.2) is 0 Å². The van der Waals surface area contributed by atoms with Crippen LogP contribution >= 0.6 is 0 Å². The van der Waals surface area contributed by atoms with Crippen LogP contribution in [0.15, 0.2) is 59.0 Å². The second-order valence-electron chi connectivity index (χ2n) is 7.23. The SMILES string of the molecule is C[C@H](NC(=O)CN1CCN(c2ccccc2O)CC1)c1cc2ccccc2o1. The maximum atomic E-state index is 12.5. The van der Waals surface area contributed by atoms with E-state index in [2.05, 4.69) is 15.1 Å². The van der Waals surface area contributed by atoms with E-state index >= 15 is 0 Å². The molecule has 28 heavy (non-hydrogen) atoms. The van der Waals surface area contributed by atoms with E-state index in [-0.39, 0.29) is 11.9 Å². The van der Waals surface area contributed by atoms with Crippen LogP contribution in [0.25, 0.3) is 11.0 Å². The molecular formula is C22H25N3O3. The summed E-state index contributed by atoms with van der Waals surface area (Å²) in [6, 6.07) is 17.0. The Balaban J connectivity index is 1.29. The Bertz CT molecular complexity index is 927. The highest BCUT2D eigenvalue weighted by molar-refractivity contribution is 5.80. The predicted molar refractivity (Wildman–Crippen MR) is 110 cm³/mol. The first kappa shape index (κ1) is 18.4. The summed E-state index contributed by atoms with van der Waals surface area (Å²) < 4.78 is 5.84. The third-order valence-electron chi connectivity index (χ3n) is 5.21. The number of fused-ring (bicyclic) bond motifs is 1. The number of para-hydroxylation sites is 3. The third-order valence-corrected chi connectivity index (χ3v) is 5.21. The first-order chi connectivity index (χ1) is 13.6. The van der Waals surface area contributed by atoms with Crippen molar-refractivity contribution in [1.82, 2.24) is 10.2 Å². The largest absolute Gasteiger partial charge is 0.506 e. The summed E-state index contributed by atoms with van der Waals surface area (Å²) >= 11 is 0. The number of aromatic hydroxyl groups is 1. The van der Waals surface area contributed by atoms with E-state index in [1.54, 1.807) is 6.07 Å². The molecule has 1 aliphatic heterocycles. The van der Waals surface area contributed by atoms with Crippen molar-refractivity contribution in [2.75, 3.05) is 37.6 Å². The van der Waals surface area contributed by atoms with E-state index < -0.39 is 0 Å². The highest BCUT2D eigenvalue weighted by Gasteiger charge is 2.22. The van der Waals surface area contributed by atoms with Crippen LogP contribution in [0.1, 0.15) is 18.7 Å². The average molecular weight is 379 g/mol. The molecule has 6 nitrogen and oxygen atoms in total. The number of piperazine rings is 1. The molecule has 1 atom stereocenters. The van der Waals surface area contributed by atoms with Gasteiger partial charge in [0.1, 0.15) is 17.1 Å². The Labute approximate surface area is 164 Å². The number of hydrogen-bond donors (Lipinski definition) is 2. The Morgan fingerprint density at radius 2 is 1.82 bits per heavy atom. The first-order valence-electron chi connectivity index (χ1n) is 9.63. The molecule has 3 aromatic rings. The zero-order chi connectivity index (χ0) is 19.5. The highest BCUT2D eigenvalue weighted by atomic mass is 16.3. The molecule has 146 valence electrons. The lowest BCUT2D eigenvalue weighted by molar-refractivity contribution is -0.123. The quantitative estimate of drug-likeness (QED) is 0.713. The van der Waals surface area contributed by atoms with Crippen molar-refractivity contribution in [3.63, 3.8) is 0 Å². The minimum Gasteiger partial charge on any atom is -0.506 e. The number of nitrogens with zero attached hydrogens (tertiary/aromatic N) is 2. The maximum Gasteiger partial charge on any atom is 0.234 e. The van der Waals surface area contributed by atoms with Gasteiger partial charge in [-0.15, -0.1) is 0 Å². The van der Waals surface area contributed by atoms with Crippen LogP contribution in [-0.2, 0) is 4.79 Å². The number of furan rings is 1. The van der Waals surface area contributed by atoms with Crippen molar-refractivity contribution in [3.05, 3.63) is 60.4 Å². The first-order valence-corrected chi connectivity index (χ1v) is 9.63. The topological polar surface area (TPSA) is 69.0 Å². The number of carbonyl (C=O) groups is 1. The molecule has 2 N–H and O–H groups in total. The van der Waals surface area contributed by atoms with Crippen LogP contribution < -0.4 is 10.2 Å². The number of phenols is 1. The fourth-order valence-electron chi connectivity index (χ4n) is 3.66. The number of rotatable bonds is 5. The number of benzene rings is 2. The second kappa shape index (κ2) is 7.94. The van der Waals surface area contributed by atoms with Crippen molar-refractivity contribution in [2.45, 2.75) is 13.0 Å². The predicted octanol–water partition coefficient (Wildman–Crippen LogP) is 3.14. The normalized spacial score (nSPS) is 16.2. The molecule has 1 amide bonds. The van der Waals surface area contributed by atoms with Gasteiger partial charge in [-0.2, -0.15) is 0 Å². The summed E-state index contributed by atoms with van der Waals surface area (Å²) in [5.74, 6) is 1.05. The van der Waals surface area contributed by atoms with Gasteiger partial charge in [-0.05, 0) is 31.2 Å². The summed E-state index contributed by atoms with van der Waals surface area (Å²) in [5.41, 5.74) is 1.68. The molecule has 2 aromatic carbocycles. The third kappa shape index (κ3) is 3.97. The molecule has 1 fully saturated rings. The van der Waals surface area contributed by atoms with Crippen molar-refractivity contribution in [1.29, 1.82) is 0 Å². The van der Waals surface area contributed by atoms with Gasteiger partial charge >= 0.3 is 0 Å². The fourth-order valence-corrected chi connectivity index (χ4v) is 3.66. The molecule has 0 aliphatic carbocycles. The van der Waals surface area contributed by atoms with Gasteiger partial charge in [0.2, 0.25) is 5.91 Å². The Hall–Kier alpha value is -2.99. The Morgan fingerprint density at radius 1 is 1.11 bits per heavy atom. The summed E-state index contributed by atoms with van der Waals surface area (Å²) in [6.45, 7) is 5.42. The van der Waals surface area contributed by atoms with E-state index in [0.717, 1.165) is 48.6 Å². The van der Waals surface area contributed by atoms with E-state index in [1.165, 1.54) is 0 Å². The molecule has 1 saturated heterocycles. The van der Waals surface area contributed by atoms with E-state index in [9.17, 15) is 9.90 Å². The lowest BCUT2D eigenvalue weighted by Crippen LogP contribution is -2.49. The molecule has 0 bridgehead atoms. The van der Waals surface area contributed by atoms with Gasteiger partial charge in [0.05, 0.1) is 18.3 Å². The minimum absolute atomic E-state index is 0.0102. The fraction of sp³-hybridized carbons (Fsp3) is 0.318. The molecule has 0 radical (unpaired) electrons. The van der Waals surface area contributed by atoms with E-state index in [1.807, 2.05) is 55.5 Å². The lowest BCUT2D eigenvalue weighted by Gasteiger charge is -2.36. The smallest absolute Gasteiger partial charge is 0.234 e. The maximum absolute atomic E-state index is 12.5. The number of carbonyl (C=O) groups excluding carboxylic acids is 1. The number of nitrogens with one attached hydrogen (secondary N) is 1. The van der Waals surface area contributed by atoms with Crippen molar-refractivity contribution < 1.29 is 14.3 Å². The number of amides is 1. The molecule has 6 heteroatoms. The van der Waals surface area contributed by atoms with Gasteiger partial charge in [-0.1, -0.05) is 30.3 Å². The zero-order valence-corrected chi connectivity index (χ0v) is 16.0. The number of anilines is 1. The van der Waals surface area contributed by atoms with Crippen LogP contribution in [-0.4, -0.2) is 48.6 Å². The molecule has 4 rings (SSSR count). The van der Waals surface area contributed by atoms with Gasteiger partial charge in [-0.25, -0.2) is 0 Å². The van der Waals surface area contributed by atoms with Gasteiger partial charge in [-0.3, -0.25) is 9.69 Å². The summed E-state index contributed by atoms with van der Waals surface area (Å²) in [7, 11) is 0.